The van der Waals surface area contributed by atoms with Crippen molar-refractivity contribution in [2.24, 2.45) is 0 Å². The van der Waals surface area contributed by atoms with Crippen molar-refractivity contribution >= 4 is 39.5 Å². The summed E-state index contributed by atoms with van der Waals surface area (Å²) in [7, 11) is -3.89. The van der Waals surface area contributed by atoms with E-state index < -0.39 is 16.0 Å². The molecule has 0 heterocycles. The third-order valence-electron chi connectivity index (χ3n) is 3.36. The lowest BCUT2D eigenvalue weighted by Crippen LogP contribution is -2.26. The van der Waals surface area contributed by atoms with Crippen LogP contribution in [-0.2, 0) is 14.8 Å². The summed E-state index contributed by atoms with van der Waals surface area (Å²) in [5.41, 5.74) is 0.984. The zero-order valence-corrected chi connectivity index (χ0v) is 15.1. The molecule has 0 atom stereocenters. The van der Waals surface area contributed by atoms with Crippen LogP contribution in [0.25, 0.3) is 6.08 Å². The molecule has 8 heteroatoms. The van der Waals surface area contributed by atoms with Crippen molar-refractivity contribution in [3.05, 3.63) is 70.8 Å². The number of rotatable bonds is 8. The van der Waals surface area contributed by atoms with E-state index in [0.717, 1.165) is 5.56 Å². The van der Waals surface area contributed by atoms with Gasteiger partial charge in [-0.3, -0.25) is 9.59 Å². The molecular weight excluding hydrogens is 378 g/mol. The molecule has 0 saturated heterocycles. The number of carboxylic acids is 1. The number of aliphatic carboxylic acids is 1. The molecule has 2 N–H and O–H groups in total. The number of hydrogen-bond donors (Lipinski definition) is 2. The van der Waals surface area contributed by atoms with E-state index in [9.17, 15) is 18.0 Å². The first kappa shape index (κ1) is 19.8. The zero-order chi connectivity index (χ0) is 19.2. The van der Waals surface area contributed by atoms with Crippen molar-refractivity contribution in [3.8, 4) is 0 Å². The molecule has 0 amide bonds. The summed E-state index contributed by atoms with van der Waals surface area (Å²) < 4.78 is 26.5. The molecule has 0 spiro atoms. The molecule has 0 saturated carbocycles. The molecule has 0 radical (unpaired) electrons. The van der Waals surface area contributed by atoms with E-state index >= 15 is 0 Å². The summed E-state index contributed by atoms with van der Waals surface area (Å²) in [6.45, 7) is -0.230. The summed E-state index contributed by atoms with van der Waals surface area (Å²) in [6, 6.07) is 12.4. The smallest absolute Gasteiger partial charge is 0.304 e. The van der Waals surface area contributed by atoms with Gasteiger partial charge in [-0.2, -0.15) is 0 Å². The van der Waals surface area contributed by atoms with Crippen LogP contribution in [0.2, 0.25) is 5.02 Å². The maximum absolute atomic E-state index is 12.3. The standard InChI is InChI=1S/C18H16ClNO5S/c19-15-7-4-13(5-8-15)6-9-17(21)14-2-1-3-16(12-14)26(24,25)20-11-10-18(22)23/h1-9,12,20H,10-11H2,(H,22,23). The topological polar surface area (TPSA) is 101 Å². The van der Waals surface area contributed by atoms with Crippen LogP contribution in [0.5, 0.6) is 0 Å². The van der Waals surface area contributed by atoms with Crippen molar-refractivity contribution in [1.29, 1.82) is 0 Å². The van der Waals surface area contributed by atoms with Crippen LogP contribution in [0.4, 0.5) is 0 Å². The number of benzene rings is 2. The highest BCUT2D eigenvalue weighted by atomic mass is 35.5. The fraction of sp³-hybridized carbons (Fsp3) is 0.111. The van der Waals surface area contributed by atoms with E-state index in [4.69, 9.17) is 16.7 Å². The summed E-state index contributed by atoms with van der Waals surface area (Å²) in [6.07, 6.45) is 2.61. The molecule has 0 bridgehead atoms. The molecule has 136 valence electrons. The highest BCUT2D eigenvalue weighted by Gasteiger charge is 2.15. The first-order valence-corrected chi connectivity index (χ1v) is 9.43. The van der Waals surface area contributed by atoms with E-state index in [0.29, 0.717) is 5.02 Å². The number of ketones is 1. The largest absolute Gasteiger partial charge is 0.481 e. The Hall–Kier alpha value is -2.48. The number of carbonyl (C=O) groups is 2. The second-order valence-electron chi connectivity index (χ2n) is 5.32. The molecule has 0 fully saturated rings. The van der Waals surface area contributed by atoms with Crippen LogP contribution in [-0.4, -0.2) is 31.8 Å². The molecule has 0 unspecified atom stereocenters. The first-order chi connectivity index (χ1) is 12.3. The molecule has 0 aromatic heterocycles. The third kappa shape index (κ3) is 5.80. The van der Waals surface area contributed by atoms with Gasteiger partial charge in [0.15, 0.2) is 5.78 Å². The number of carboxylic acid groups (broad SMARTS) is 1. The van der Waals surface area contributed by atoms with Gasteiger partial charge in [0.2, 0.25) is 10.0 Å². The molecule has 0 aliphatic rings. The number of carbonyl (C=O) groups excluding carboxylic acids is 1. The SMILES string of the molecule is O=C(O)CCNS(=O)(=O)c1cccc(C(=O)C=Cc2ccc(Cl)cc2)c1. The Morgan fingerprint density at radius 1 is 1.12 bits per heavy atom. The Labute approximate surface area is 156 Å². The van der Waals surface area contributed by atoms with E-state index in [-0.39, 0.29) is 29.2 Å². The third-order valence-corrected chi connectivity index (χ3v) is 5.07. The minimum absolute atomic E-state index is 0.103. The number of allylic oxidation sites excluding steroid dienone is 1. The van der Waals surface area contributed by atoms with Gasteiger partial charge in [0, 0.05) is 17.1 Å². The number of sulfonamides is 1. The Morgan fingerprint density at radius 3 is 2.46 bits per heavy atom. The lowest BCUT2D eigenvalue weighted by atomic mass is 10.1. The Morgan fingerprint density at radius 2 is 1.81 bits per heavy atom. The first-order valence-electron chi connectivity index (χ1n) is 7.57. The number of halogens is 1. The van der Waals surface area contributed by atoms with Gasteiger partial charge in [0.25, 0.3) is 0 Å². The van der Waals surface area contributed by atoms with Gasteiger partial charge in [-0.1, -0.05) is 41.9 Å². The molecule has 6 nitrogen and oxygen atoms in total. The zero-order valence-electron chi connectivity index (χ0n) is 13.6. The highest BCUT2D eigenvalue weighted by Crippen LogP contribution is 2.14. The van der Waals surface area contributed by atoms with Crippen molar-refractivity contribution in [1.82, 2.24) is 4.72 Å². The minimum atomic E-state index is -3.89. The van der Waals surface area contributed by atoms with Crippen molar-refractivity contribution < 1.29 is 23.1 Å². The van der Waals surface area contributed by atoms with Crippen LogP contribution in [0.3, 0.4) is 0 Å². The second-order valence-corrected chi connectivity index (χ2v) is 7.52. The van der Waals surface area contributed by atoms with Gasteiger partial charge in [-0.25, -0.2) is 13.1 Å². The van der Waals surface area contributed by atoms with Crippen LogP contribution in [0, 0.1) is 0 Å². The fourth-order valence-corrected chi connectivity index (χ4v) is 3.24. The van der Waals surface area contributed by atoms with Gasteiger partial charge in [0.05, 0.1) is 11.3 Å². The van der Waals surface area contributed by atoms with Crippen LogP contribution in [0.1, 0.15) is 22.3 Å². The molecule has 26 heavy (non-hydrogen) atoms. The van der Waals surface area contributed by atoms with Gasteiger partial charge in [-0.15, -0.1) is 0 Å². The molecule has 2 aromatic rings. The molecule has 0 aliphatic heterocycles. The maximum atomic E-state index is 12.3. The average molecular weight is 394 g/mol. The second kappa shape index (κ2) is 8.75. The van der Waals surface area contributed by atoms with E-state index in [1.165, 1.54) is 30.3 Å². The van der Waals surface area contributed by atoms with Crippen LogP contribution >= 0.6 is 11.6 Å². The summed E-state index contributed by atoms with van der Waals surface area (Å²) in [5, 5.41) is 9.16. The predicted molar refractivity (Wildman–Crippen MR) is 98.7 cm³/mol. The van der Waals surface area contributed by atoms with Crippen LogP contribution in [0.15, 0.2) is 59.5 Å². The summed E-state index contributed by atoms with van der Waals surface area (Å²) >= 11 is 5.80. The monoisotopic (exact) mass is 393 g/mol. The minimum Gasteiger partial charge on any atom is -0.481 e. The van der Waals surface area contributed by atoms with Gasteiger partial charge in [-0.05, 0) is 35.9 Å². The van der Waals surface area contributed by atoms with Crippen molar-refractivity contribution in [2.45, 2.75) is 11.3 Å². The molecule has 2 aromatic carbocycles. The molecule has 2 rings (SSSR count). The number of nitrogens with one attached hydrogen (secondary N) is 1. The Balaban J connectivity index is 2.13. The van der Waals surface area contributed by atoms with E-state index in [1.807, 2.05) is 0 Å². The Bertz CT molecular complexity index is 936. The normalized spacial score (nSPS) is 11.6. The fourth-order valence-electron chi connectivity index (χ4n) is 2.03. The van der Waals surface area contributed by atoms with Crippen LogP contribution < -0.4 is 4.72 Å². The predicted octanol–water partition coefficient (Wildman–Crippen LogP) is 2.99. The number of hydrogen-bond acceptors (Lipinski definition) is 4. The molecular formula is C18H16ClNO5S. The van der Waals surface area contributed by atoms with Gasteiger partial charge >= 0.3 is 5.97 Å². The van der Waals surface area contributed by atoms with Crippen molar-refractivity contribution in [3.63, 3.8) is 0 Å². The summed E-state index contributed by atoms with van der Waals surface area (Å²) in [4.78, 5) is 22.6. The van der Waals surface area contributed by atoms with Crippen molar-refractivity contribution in [2.75, 3.05) is 6.54 Å². The lowest BCUT2D eigenvalue weighted by molar-refractivity contribution is -0.136. The lowest BCUT2D eigenvalue weighted by Gasteiger charge is -2.06. The quantitative estimate of drug-likeness (QED) is 0.530. The van der Waals surface area contributed by atoms with E-state index in [2.05, 4.69) is 4.72 Å². The van der Waals surface area contributed by atoms with Gasteiger partial charge in [0.1, 0.15) is 0 Å². The highest BCUT2D eigenvalue weighted by molar-refractivity contribution is 7.89. The summed E-state index contributed by atoms with van der Waals surface area (Å²) in [5.74, 6) is -1.47. The molecule has 0 aliphatic carbocycles. The Kier molecular flexibility index (Phi) is 6.68. The maximum Gasteiger partial charge on any atom is 0.304 e. The van der Waals surface area contributed by atoms with Gasteiger partial charge < -0.3 is 5.11 Å². The van der Waals surface area contributed by atoms with E-state index in [1.54, 1.807) is 30.3 Å². The average Bonchev–Trinajstić information content (AvgIpc) is 2.60.